The van der Waals surface area contributed by atoms with Gasteiger partial charge in [0.1, 0.15) is 11.6 Å². The Morgan fingerprint density at radius 3 is 2.52 bits per heavy atom. The van der Waals surface area contributed by atoms with Gasteiger partial charge in [-0.25, -0.2) is 17.6 Å². The smallest absolute Gasteiger partial charge is 0.338 e. The standard InChI is InChI=1S/C12H16FNO6S/c1-7(19-2)6-21(17,18)14-10-4-8(12(15)16)9(13)5-11(10)20-3/h4-5,7,14H,6H2,1-3H3,(H,15,16). The Morgan fingerprint density at radius 1 is 1.43 bits per heavy atom. The number of carboxylic acid groups (broad SMARTS) is 1. The van der Waals surface area contributed by atoms with Crippen molar-refractivity contribution in [3.63, 3.8) is 0 Å². The number of nitrogens with one attached hydrogen (secondary N) is 1. The van der Waals surface area contributed by atoms with Gasteiger partial charge in [-0.15, -0.1) is 0 Å². The van der Waals surface area contributed by atoms with E-state index in [1.807, 2.05) is 0 Å². The number of sulfonamides is 1. The van der Waals surface area contributed by atoms with Gasteiger partial charge in [-0.1, -0.05) is 0 Å². The van der Waals surface area contributed by atoms with Crippen LogP contribution in [0.15, 0.2) is 12.1 Å². The molecule has 1 rings (SSSR count). The van der Waals surface area contributed by atoms with Crippen LogP contribution >= 0.6 is 0 Å². The van der Waals surface area contributed by atoms with Crippen molar-refractivity contribution in [2.75, 3.05) is 24.7 Å². The van der Waals surface area contributed by atoms with Crippen LogP contribution in [-0.4, -0.2) is 45.6 Å². The summed E-state index contributed by atoms with van der Waals surface area (Å²) < 4.78 is 49.2. The fourth-order valence-electron chi connectivity index (χ4n) is 1.55. The molecule has 2 N–H and O–H groups in total. The molecule has 9 heteroatoms. The highest BCUT2D eigenvalue weighted by molar-refractivity contribution is 7.92. The number of benzene rings is 1. The SMILES string of the molecule is COc1cc(F)c(C(=O)O)cc1NS(=O)(=O)CC(C)OC. The quantitative estimate of drug-likeness (QED) is 0.785. The number of aromatic carboxylic acids is 1. The molecule has 0 aromatic heterocycles. The monoisotopic (exact) mass is 321 g/mol. The van der Waals surface area contributed by atoms with Gasteiger partial charge in [0.2, 0.25) is 10.0 Å². The Labute approximate surface area is 121 Å². The summed E-state index contributed by atoms with van der Waals surface area (Å²) in [6.45, 7) is 1.56. The summed E-state index contributed by atoms with van der Waals surface area (Å²) in [7, 11) is -1.23. The normalized spacial score (nSPS) is 12.8. The first kappa shape index (κ1) is 17.2. The Balaban J connectivity index is 3.17. The van der Waals surface area contributed by atoms with Gasteiger partial charge >= 0.3 is 5.97 Å². The van der Waals surface area contributed by atoms with E-state index in [4.69, 9.17) is 14.6 Å². The summed E-state index contributed by atoms with van der Waals surface area (Å²) in [5.41, 5.74) is -0.812. The molecule has 0 saturated carbocycles. The van der Waals surface area contributed by atoms with Crippen molar-refractivity contribution in [1.29, 1.82) is 0 Å². The van der Waals surface area contributed by atoms with Crippen LogP contribution in [0.5, 0.6) is 5.75 Å². The second kappa shape index (κ2) is 6.72. The van der Waals surface area contributed by atoms with Crippen molar-refractivity contribution < 1.29 is 32.2 Å². The van der Waals surface area contributed by atoms with E-state index in [0.29, 0.717) is 0 Å². The molecule has 0 radical (unpaired) electrons. The molecule has 0 saturated heterocycles. The molecular formula is C12H16FNO6S. The lowest BCUT2D eigenvalue weighted by Crippen LogP contribution is -2.25. The molecule has 0 aliphatic heterocycles. The van der Waals surface area contributed by atoms with Crippen LogP contribution in [0.2, 0.25) is 0 Å². The highest BCUT2D eigenvalue weighted by Gasteiger charge is 2.21. The zero-order valence-electron chi connectivity index (χ0n) is 11.7. The van der Waals surface area contributed by atoms with Gasteiger partial charge in [-0.3, -0.25) is 4.72 Å². The molecule has 0 fully saturated rings. The first-order valence-electron chi connectivity index (χ1n) is 5.84. The van der Waals surface area contributed by atoms with Crippen molar-refractivity contribution in [3.05, 3.63) is 23.5 Å². The van der Waals surface area contributed by atoms with Crippen LogP contribution in [0.4, 0.5) is 10.1 Å². The van der Waals surface area contributed by atoms with E-state index in [1.54, 1.807) is 6.92 Å². The van der Waals surface area contributed by atoms with Crippen molar-refractivity contribution >= 4 is 21.7 Å². The summed E-state index contributed by atoms with van der Waals surface area (Å²) in [4.78, 5) is 10.9. The fourth-order valence-corrected chi connectivity index (χ4v) is 2.89. The third-order valence-corrected chi connectivity index (χ3v) is 4.08. The number of methoxy groups -OCH3 is 2. The number of halogens is 1. The minimum Gasteiger partial charge on any atom is -0.494 e. The lowest BCUT2D eigenvalue weighted by molar-refractivity contribution is 0.0692. The van der Waals surface area contributed by atoms with E-state index in [1.165, 1.54) is 14.2 Å². The zero-order valence-corrected chi connectivity index (χ0v) is 12.5. The van der Waals surface area contributed by atoms with Gasteiger partial charge in [0.25, 0.3) is 0 Å². The molecule has 1 aromatic carbocycles. The Bertz CT molecular complexity index is 631. The molecular weight excluding hydrogens is 305 g/mol. The molecule has 1 atom stereocenters. The van der Waals surface area contributed by atoms with Crippen LogP contribution < -0.4 is 9.46 Å². The van der Waals surface area contributed by atoms with E-state index in [0.717, 1.165) is 12.1 Å². The molecule has 0 amide bonds. The summed E-state index contributed by atoms with van der Waals surface area (Å²) in [6, 6.07) is 1.67. The number of carboxylic acids is 1. The molecule has 1 unspecified atom stereocenters. The maximum atomic E-state index is 13.5. The molecule has 21 heavy (non-hydrogen) atoms. The predicted octanol–water partition coefficient (Wildman–Crippen LogP) is 1.31. The fraction of sp³-hybridized carbons (Fsp3) is 0.417. The number of hydrogen-bond donors (Lipinski definition) is 2. The van der Waals surface area contributed by atoms with Gasteiger partial charge in [-0.2, -0.15) is 0 Å². The van der Waals surface area contributed by atoms with E-state index in [-0.39, 0.29) is 17.2 Å². The van der Waals surface area contributed by atoms with Crippen molar-refractivity contribution in [3.8, 4) is 5.75 Å². The third-order valence-electron chi connectivity index (χ3n) is 2.64. The molecule has 0 heterocycles. The number of ether oxygens (including phenoxy) is 2. The average molecular weight is 321 g/mol. The predicted molar refractivity (Wildman–Crippen MR) is 73.8 cm³/mol. The van der Waals surface area contributed by atoms with Crippen LogP contribution in [0.1, 0.15) is 17.3 Å². The lowest BCUT2D eigenvalue weighted by atomic mass is 10.2. The van der Waals surface area contributed by atoms with E-state index < -0.39 is 33.5 Å². The van der Waals surface area contributed by atoms with Gasteiger partial charge in [0.05, 0.1) is 30.2 Å². The van der Waals surface area contributed by atoms with Crippen molar-refractivity contribution in [2.24, 2.45) is 0 Å². The Morgan fingerprint density at radius 2 is 2.05 bits per heavy atom. The maximum Gasteiger partial charge on any atom is 0.338 e. The molecule has 0 aliphatic carbocycles. The topological polar surface area (TPSA) is 102 Å². The van der Waals surface area contributed by atoms with E-state index >= 15 is 0 Å². The summed E-state index contributed by atoms with van der Waals surface area (Å²) >= 11 is 0. The second-order valence-electron chi connectivity index (χ2n) is 4.27. The number of carbonyl (C=O) groups is 1. The van der Waals surface area contributed by atoms with E-state index in [2.05, 4.69) is 4.72 Å². The third kappa shape index (κ3) is 4.57. The molecule has 118 valence electrons. The molecule has 0 spiro atoms. The summed E-state index contributed by atoms with van der Waals surface area (Å²) in [5.74, 6) is -2.99. The van der Waals surface area contributed by atoms with Crippen LogP contribution in [0, 0.1) is 5.82 Å². The number of hydrogen-bond acceptors (Lipinski definition) is 5. The number of rotatable bonds is 7. The Kier molecular flexibility index (Phi) is 5.50. The first-order valence-corrected chi connectivity index (χ1v) is 7.49. The molecule has 1 aromatic rings. The van der Waals surface area contributed by atoms with Crippen molar-refractivity contribution in [1.82, 2.24) is 0 Å². The maximum absolute atomic E-state index is 13.5. The minimum absolute atomic E-state index is 0.119. The number of anilines is 1. The van der Waals surface area contributed by atoms with Crippen LogP contribution in [-0.2, 0) is 14.8 Å². The van der Waals surface area contributed by atoms with Gasteiger partial charge in [-0.05, 0) is 13.0 Å². The largest absolute Gasteiger partial charge is 0.494 e. The first-order chi connectivity index (χ1) is 9.70. The van der Waals surface area contributed by atoms with Crippen LogP contribution in [0.25, 0.3) is 0 Å². The molecule has 0 aliphatic rings. The molecule has 0 bridgehead atoms. The minimum atomic E-state index is -3.80. The second-order valence-corrected chi connectivity index (χ2v) is 6.03. The lowest BCUT2D eigenvalue weighted by Gasteiger charge is -2.15. The average Bonchev–Trinajstić information content (AvgIpc) is 2.38. The Hall–Kier alpha value is -1.87. The highest BCUT2D eigenvalue weighted by Crippen LogP contribution is 2.29. The molecule has 7 nitrogen and oxygen atoms in total. The van der Waals surface area contributed by atoms with E-state index in [9.17, 15) is 17.6 Å². The van der Waals surface area contributed by atoms with Crippen LogP contribution in [0.3, 0.4) is 0 Å². The van der Waals surface area contributed by atoms with Gasteiger partial charge in [0.15, 0.2) is 0 Å². The van der Waals surface area contributed by atoms with Gasteiger partial charge in [0, 0.05) is 13.2 Å². The van der Waals surface area contributed by atoms with Gasteiger partial charge < -0.3 is 14.6 Å². The van der Waals surface area contributed by atoms with Crippen molar-refractivity contribution in [2.45, 2.75) is 13.0 Å². The summed E-state index contributed by atoms with van der Waals surface area (Å²) in [5, 5.41) is 8.86. The highest BCUT2D eigenvalue weighted by atomic mass is 32.2. The summed E-state index contributed by atoms with van der Waals surface area (Å²) in [6.07, 6.45) is -0.562. The zero-order chi connectivity index (χ0) is 16.2.